The van der Waals surface area contributed by atoms with Crippen LogP contribution in [0.15, 0.2) is 12.1 Å². The third kappa shape index (κ3) is 6.31. The average Bonchev–Trinajstić information content (AvgIpc) is 3.34. The summed E-state index contributed by atoms with van der Waals surface area (Å²) in [5.74, 6) is 0.968. The molecule has 43 heavy (non-hydrogen) atoms. The minimum atomic E-state index is -1.47. The number of fused-ring (bicyclic) bond motifs is 1. The normalized spacial score (nSPS) is 25.5. The molecule has 4 rings (SSSR count). The number of halogens is 3. The molecule has 2 heterocycles. The molecule has 238 valence electrons. The van der Waals surface area contributed by atoms with Gasteiger partial charge in [0.2, 0.25) is 0 Å². The Balaban J connectivity index is 1.80. The fraction of sp³-hybridized carbons (Fsp3) is 0.655. The van der Waals surface area contributed by atoms with E-state index in [0.717, 1.165) is 5.56 Å². The van der Waals surface area contributed by atoms with Gasteiger partial charge in [0, 0.05) is 36.2 Å². The molecule has 0 radical (unpaired) electrons. The Labute approximate surface area is 265 Å². The van der Waals surface area contributed by atoms with Crippen LogP contribution in [0.1, 0.15) is 56.6 Å². The van der Waals surface area contributed by atoms with Gasteiger partial charge in [0.25, 0.3) is 0 Å². The first-order valence-electron chi connectivity index (χ1n) is 14.3. The van der Waals surface area contributed by atoms with Crippen molar-refractivity contribution >= 4 is 59.0 Å². The summed E-state index contributed by atoms with van der Waals surface area (Å²) in [5, 5.41) is 0. The molecule has 14 heteroatoms. The molecule has 2 fully saturated rings. The number of aryl methyl sites for hydroxylation is 1. The van der Waals surface area contributed by atoms with E-state index in [1.807, 2.05) is 6.92 Å². The lowest BCUT2D eigenvalue weighted by Crippen LogP contribution is -2.75. The molecular formula is C29H36Cl3NO10. The number of carbonyl (C=O) groups excluding carboxylic acids is 4. The van der Waals surface area contributed by atoms with Gasteiger partial charge >= 0.3 is 18.4 Å². The molecular weight excluding hydrogens is 629 g/mol. The van der Waals surface area contributed by atoms with Crippen molar-refractivity contribution < 1.29 is 47.6 Å². The van der Waals surface area contributed by atoms with E-state index in [4.69, 9.17) is 63.2 Å². The molecule has 0 aromatic heterocycles. The van der Waals surface area contributed by atoms with Crippen molar-refractivity contribution in [2.24, 2.45) is 0 Å². The van der Waals surface area contributed by atoms with Crippen molar-refractivity contribution in [2.45, 2.75) is 75.5 Å². The molecule has 1 aliphatic carbocycles. The zero-order chi connectivity index (χ0) is 31.2. The van der Waals surface area contributed by atoms with Crippen LogP contribution >= 0.6 is 34.8 Å². The average molecular weight is 665 g/mol. The topological polar surface area (TPSA) is 127 Å². The SMILES string of the molecule is Cc1ccc(OC(=O)OCCCCl)c2c1[C@]13CCN(C(=O)OCCCCl)[C@H](C)C1(OC(=O)OCCCCl)CCC(=O)[C@@H]3O2. The van der Waals surface area contributed by atoms with Gasteiger partial charge in [0.05, 0.1) is 31.3 Å². The van der Waals surface area contributed by atoms with Gasteiger partial charge in [-0.05, 0) is 57.6 Å². The van der Waals surface area contributed by atoms with Crippen molar-refractivity contribution in [3.8, 4) is 11.5 Å². The number of nitrogens with zero attached hydrogens (tertiary/aromatic N) is 1. The largest absolute Gasteiger partial charge is 0.513 e. The fourth-order valence-electron chi connectivity index (χ4n) is 6.48. The van der Waals surface area contributed by atoms with E-state index in [9.17, 15) is 19.2 Å². The number of carbonyl (C=O) groups is 4. The van der Waals surface area contributed by atoms with E-state index in [1.54, 1.807) is 19.1 Å². The van der Waals surface area contributed by atoms with E-state index in [0.29, 0.717) is 36.6 Å². The number of likely N-dealkylation sites (tertiary alicyclic amines) is 1. The maximum atomic E-state index is 13.6. The lowest BCUT2D eigenvalue weighted by Gasteiger charge is -2.59. The number of hydrogen-bond acceptors (Lipinski definition) is 10. The second-order valence-electron chi connectivity index (χ2n) is 10.7. The highest BCUT2D eigenvalue weighted by Crippen LogP contribution is 2.63. The van der Waals surface area contributed by atoms with Gasteiger partial charge < -0.3 is 33.3 Å². The van der Waals surface area contributed by atoms with Crippen molar-refractivity contribution in [1.29, 1.82) is 0 Å². The van der Waals surface area contributed by atoms with Crippen LogP contribution in [0.3, 0.4) is 0 Å². The van der Waals surface area contributed by atoms with Gasteiger partial charge in [-0.25, -0.2) is 14.4 Å². The summed E-state index contributed by atoms with van der Waals surface area (Å²) in [6.07, 6.45) is -1.97. The maximum absolute atomic E-state index is 13.6. The summed E-state index contributed by atoms with van der Waals surface area (Å²) in [4.78, 5) is 54.0. The van der Waals surface area contributed by atoms with Crippen LogP contribution < -0.4 is 9.47 Å². The summed E-state index contributed by atoms with van der Waals surface area (Å²) >= 11 is 17.2. The lowest BCUT2D eigenvalue weighted by molar-refractivity contribution is -0.185. The highest BCUT2D eigenvalue weighted by molar-refractivity contribution is 6.18. The Kier molecular flexibility index (Phi) is 11.2. The quantitative estimate of drug-likeness (QED) is 0.0930. The van der Waals surface area contributed by atoms with Gasteiger partial charge in [-0.15, -0.1) is 34.8 Å². The van der Waals surface area contributed by atoms with E-state index in [2.05, 4.69) is 0 Å². The van der Waals surface area contributed by atoms with E-state index < -0.39 is 41.6 Å². The number of ether oxygens (including phenoxy) is 6. The van der Waals surface area contributed by atoms with Crippen LogP contribution in [0.25, 0.3) is 0 Å². The highest BCUT2D eigenvalue weighted by atomic mass is 35.5. The van der Waals surface area contributed by atoms with E-state index in [1.165, 1.54) is 4.90 Å². The second-order valence-corrected chi connectivity index (χ2v) is 11.8. The van der Waals surface area contributed by atoms with Crippen molar-refractivity contribution in [3.63, 3.8) is 0 Å². The van der Waals surface area contributed by atoms with Gasteiger partial charge in [-0.3, -0.25) is 4.79 Å². The van der Waals surface area contributed by atoms with Crippen molar-refractivity contribution in [2.75, 3.05) is 44.0 Å². The van der Waals surface area contributed by atoms with Crippen LogP contribution in [-0.4, -0.2) is 90.8 Å². The minimum absolute atomic E-state index is 0.00451. The molecule has 4 atom stereocenters. The molecule has 1 unspecified atom stereocenters. The summed E-state index contributed by atoms with van der Waals surface area (Å²) in [6.45, 7) is 3.98. The first kappa shape index (κ1) is 33.3. The third-order valence-corrected chi connectivity index (χ3v) is 9.13. The number of alkyl halides is 3. The Morgan fingerprint density at radius 3 is 2.23 bits per heavy atom. The lowest BCUT2D eigenvalue weighted by atomic mass is 9.52. The van der Waals surface area contributed by atoms with E-state index in [-0.39, 0.29) is 68.8 Å². The number of benzene rings is 1. The van der Waals surface area contributed by atoms with Crippen LogP contribution in [0, 0.1) is 6.92 Å². The van der Waals surface area contributed by atoms with Crippen LogP contribution in [0.4, 0.5) is 14.4 Å². The molecule has 1 aromatic rings. The second kappa shape index (κ2) is 14.4. The number of piperidine rings is 1. The van der Waals surface area contributed by atoms with Crippen LogP contribution in [-0.2, 0) is 29.2 Å². The smallest absolute Gasteiger partial charge is 0.477 e. The first-order valence-corrected chi connectivity index (χ1v) is 15.9. The maximum Gasteiger partial charge on any atom is 0.513 e. The van der Waals surface area contributed by atoms with E-state index >= 15 is 0 Å². The minimum Gasteiger partial charge on any atom is -0.477 e. The number of ketones is 1. The molecule has 0 N–H and O–H groups in total. The number of Topliss-reactive ketones (excluding diaryl/α,β-unsaturated/α-hetero) is 1. The van der Waals surface area contributed by atoms with Gasteiger partial charge in [0.1, 0.15) is 0 Å². The van der Waals surface area contributed by atoms with Gasteiger partial charge in [-0.1, -0.05) is 6.07 Å². The Morgan fingerprint density at radius 1 is 0.953 bits per heavy atom. The zero-order valence-corrected chi connectivity index (χ0v) is 26.4. The Hall–Kier alpha value is -2.63. The number of hydrogen-bond donors (Lipinski definition) is 0. The number of rotatable bonds is 11. The Morgan fingerprint density at radius 2 is 1.58 bits per heavy atom. The summed E-state index contributed by atoms with van der Waals surface area (Å²) in [7, 11) is 0. The first-order chi connectivity index (χ1) is 20.7. The molecule has 1 spiro atoms. The molecule has 0 bridgehead atoms. The molecule has 1 saturated carbocycles. The summed E-state index contributed by atoms with van der Waals surface area (Å²) < 4.78 is 34.0. The summed E-state index contributed by atoms with van der Waals surface area (Å²) in [6, 6.07) is 2.53. The van der Waals surface area contributed by atoms with Gasteiger partial charge in [0.15, 0.2) is 29.0 Å². The third-order valence-electron chi connectivity index (χ3n) is 8.33. The molecule has 11 nitrogen and oxygen atoms in total. The van der Waals surface area contributed by atoms with Crippen LogP contribution in [0.5, 0.6) is 11.5 Å². The summed E-state index contributed by atoms with van der Waals surface area (Å²) in [5.41, 5.74) is -1.42. The Bertz CT molecular complexity index is 1220. The van der Waals surface area contributed by atoms with Crippen LogP contribution in [0.2, 0.25) is 0 Å². The molecule has 1 aromatic carbocycles. The molecule has 2 aliphatic heterocycles. The predicted octanol–water partition coefficient (Wildman–Crippen LogP) is 5.88. The van der Waals surface area contributed by atoms with Gasteiger partial charge in [-0.2, -0.15) is 0 Å². The number of amides is 1. The van der Waals surface area contributed by atoms with Crippen molar-refractivity contribution in [3.05, 3.63) is 23.3 Å². The standard InChI is InChI=1S/C29H36Cl3NO10/c1-18-6-7-21(41-26(36)39-16-4-12-31)23-22(18)28-10-14-33(25(35)38-15-3-11-30)19(2)29(28,9-8-20(34)24(28)42-23)43-27(37)40-17-5-13-32/h6-7,19,24H,3-5,8-17H2,1-2H3/t19-,24+,28+,29?/m1/s1. The molecule has 1 amide bonds. The molecule has 1 saturated heterocycles. The fourth-order valence-corrected chi connectivity index (χ4v) is 6.81. The monoisotopic (exact) mass is 663 g/mol. The van der Waals surface area contributed by atoms with Crippen molar-refractivity contribution in [1.82, 2.24) is 4.90 Å². The highest BCUT2D eigenvalue weighted by Gasteiger charge is 2.74. The predicted molar refractivity (Wildman–Crippen MR) is 157 cm³/mol. The molecule has 3 aliphatic rings. The zero-order valence-electron chi connectivity index (χ0n) is 24.2.